The molecule has 0 spiro atoms. The van der Waals surface area contributed by atoms with E-state index in [0.717, 1.165) is 30.2 Å². The number of hydrogen-bond donors (Lipinski definition) is 2. The van der Waals surface area contributed by atoms with Gasteiger partial charge in [-0.15, -0.1) is 0 Å². The maximum atomic E-state index is 9.61. The van der Waals surface area contributed by atoms with Crippen LogP contribution in [0.5, 0.6) is 5.75 Å². The number of ether oxygens (including phenoxy) is 1. The van der Waals surface area contributed by atoms with Gasteiger partial charge in [0.15, 0.2) is 0 Å². The Morgan fingerprint density at radius 2 is 1.72 bits per heavy atom. The topological polar surface area (TPSA) is 77.6 Å². The van der Waals surface area contributed by atoms with Gasteiger partial charge in [-0.3, -0.25) is 0 Å². The third kappa shape index (κ3) is 5.11. The zero-order valence-corrected chi connectivity index (χ0v) is 17.6. The predicted molar refractivity (Wildman–Crippen MR) is 121 cm³/mol. The van der Waals surface area contributed by atoms with E-state index in [1.165, 1.54) is 0 Å². The minimum Gasteiger partial charge on any atom is -0.497 e. The van der Waals surface area contributed by atoms with E-state index >= 15 is 0 Å². The number of hydrogen-bond acceptors (Lipinski definition) is 6. The smallest absolute Gasteiger partial charge is 0.127 e. The van der Waals surface area contributed by atoms with Crippen LogP contribution >= 0.6 is 23.8 Å². The van der Waals surface area contributed by atoms with Gasteiger partial charge in [0, 0.05) is 42.6 Å². The SMILES string of the molecule is COc1ccc(N2CCN(C(N)=C(C#N)C(=S)Nc3ccc(Cl)cc3)CC2)cc1. The van der Waals surface area contributed by atoms with Crippen molar-refractivity contribution in [3.63, 3.8) is 0 Å². The lowest BCUT2D eigenvalue weighted by molar-refractivity contribution is 0.317. The molecule has 0 saturated carbocycles. The minimum atomic E-state index is 0.271. The largest absolute Gasteiger partial charge is 0.497 e. The summed E-state index contributed by atoms with van der Waals surface area (Å²) in [6.45, 7) is 2.99. The summed E-state index contributed by atoms with van der Waals surface area (Å²) in [6.07, 6.45) is 0. The Kier molecular flexibility index (Phi) is 6.81. The van der Waals surface area contributed by atoms with Crippen LogP contribution in [0.4, 0.5) is 11.4 Å². The van der Waals surface area contributed by atoms with Crippen LogP contribution in [-0.4, -0.2) is 43.2 Å². The highest BCUT2D eigenvalue weighted by Crippen LogP contribution is 2.22. The number of nitrogens with one attached hydrogen (secondary N) is 1. The first-order valence-electron chi connectivity index (χ1n) is 9.12. The van der Waals surface area contributed by atoms with Crippen LogP contribution in [0, 0.1) is 11.3 Å². The quantitative estimate of drug-likeness (QED) is 0.428. The van der Waals surface area contributed by atoms with Crippen molar-refractivity contribution in [2.24, 2.45) is 5.73 Å². The lowest BCUT2D eigenvalue weighted by Gasteiger charge is -2.37. The van der Waals surface area contributed by atoms with Gasteiger partial charge in [0.2, 0.25) is 0 Å². The van der Waals surface area contributed by atoms with Crippen molar-refractivity contribution in [1.82, 2.24) is 4.90 Å². The van der Waals surface area contributed by atoms with Crippen molar-refractivity contribution >= 4 is 40.2 Å². The summed E-state index contributed by atoms with van der Waals surface area (Å²) < 4.78 is 5.21. The van der Waals surface area contributed by atoms with Crippen molar-refractivity contribution in [3.05, 3.63) is 64.9 Å². The molecule has 1 aliphatic rings. The molecule has 6 nitrogen and oxygen atoms in total. The highest BCUT2D eigenvalue weighted by atomic mass is 35.5. The molecule has 0 radical (unpaired) electrons. The number of methoxy groups -OCH3 is 1. The molecule has 1 fully saturated rings. The van der Waals surface area contributed by atoms with Crippen molar-refractivity contribution in [2.45, 2.75) is 0 Å². The average molecular weight is 428 g/mol. The fourth-order valence-corrected chi connectivity index (χ4v) is 3.50. The second kappa shape index (κ2) is 9.50. The Balaban J connectivity index is 1.65. The Labute approximate surface area is 181 Å². The number of benzene rings is 2. The van der Waals surface area contributed by atoms with E-state index in [-0.39, 0.29) is 5.57 Å². The van der Waals surface area contributed by atoms with E-state index in [4.69, 9.17) is 34.3 Å². The Bertz CT molecular complexity index is 929. The number of nitriles is 1. The zero-order chi connectivity index (χ0) is 20.8. The van der Waals surface area contributed by atoms with Gasteiger partial charge in [0.1, 0.15) is 28.2 Å². The van der Waals surface area contributed by atoms with Crippen molar-refractivity contribution in [2.75, 3.05) is 43.5 Å². The fraction of sp³-hybridized carbons (Fsp3) is 0.238. The first kappa shape index (κ1) is 20.8. The zero-order valence-electron chi connectivity index (χ0n) is 16.1. The third-order valence-electron chi connectivity index (χ3n) is 4.76. The summed E-state index contributed by atoms with van der Waals surface area (Å²) in [5.41, 5.74) is 8.46. The molecule has 0 amide bonds. The molecule has 3 N–H and O–H groups in total. The third-order valence-corrected chi connectivity index (χ3v) is 5.31. The van der Waals surface area contributed by atoms with Gasteiger partial charge in [-0.2, -0.15) is 5.26 Å². The van der Waals surface area contributed by atoms with Gasteiger partial charge in [-0.1, -0.05) is 23.8 Å². The molecule has 8 heteroatoms. The second-order valence-corrected chi connectivity index (χ2v) is 7.35. The molecule has 2 aromatic rings. The number of piperazine rings is 1. The van der Waals surface area contributed by atoms with Gasteiger partial charge in [0.25, 0.3) is 0 Å². The van der Waals surface area contributed by atoms with E-state index in [1.54, 1.807) is 31.4 Å². The highest BCUT2D eigenvalue weighted by Gasteiger charge is 2.21. The molecule has 29 heavy (non-hydrogen) atoms. The van der Waals surface area contributed by atoms with E-state index in [0.29, 0.717) is 28.9 Å². The molecular formula is C21H22ClN5OS. The number of nitrogens with two attached hydrogens (primary N) is 1. The van der Waals surface area contributed by atoms with Crippen LogP contribution in [-0.2, 0) is 0 Å². The summed E-state index contributed by atoms with van der Waals surface area (Å²) >= 11 is 11.3. The van der Waals surface area contributed by atoms with Gasteiger partial charge < -0.3 is 25.6 Å². The lowest BCUT2D eigenvalue weighted by Crippen LogP contribution is -2.48. The Morgan fingerprint density at radius 1 is 1.10 bits per heavy atom. The molecular weight excluding hydrogens is 406 g/mol. The molecule has 3 rings (SSSR count). The standard InChI is InChI=1S/C21H22ClN5OS/c1-28-18-8-6-17(7-9-18)26-10-12-27(13-11-26)20(24)19(14-23)21(29)25-16-4-2-15(22)3-5-16/h2-9H,10-13,24H2,1H3,(H,25,29). The van der Waals surface area contributed by atoms with E-state index in [2.05, 4.69) is 16.3 Å². The molecule has 1 saturated heterocycles. The van der Waals surface area contributed by atoms with E-state index in [1.807, 2.05) is 29.2 Å². The second-order valence-electron chi connectivity index (χ2n) is 6.51. The lowest BCUT2D eigenvalue weighted by atomic mass is 10.2. The molecule has 0 aliphatic carbocycles. The Hall–Kier alpha value is -2.95. The molecule has 0 unspecified atom stereocenters. The van der Waals surface area contributed by atoms with Crippen LogP contribution in [0.3, 0.4) is 0 Å². The molecule has 0 aromatic heterocycles. The first-order valence-corrected chi connectivity index (χ1v) is 9.91. The van der Waals surface area contributed by atoms with Crippen LogP contribution in [0.15, 0.2) is 59.9 Å². The fourth-order valence-electron chi connectivity index (χ4n) is 3.11. The van der Waals surface area contributed by atoms with Crippen LogP contribution in [0.25, 0.3) is 0 Å². The molecule has 1 aliphatic heterocycles. The molecule has 150 valence electrons. The molecule has 1 heterocycles. The monoisotopic (exact) mass is 427 g/mol. The van der Waals surface area contributed by atoms with E-state index < -0.39 is 0 Å². The molecule has 0 atom stereocenters. The van der Waals surface area contributed by atoms with Crippen molar-refractivity contribution < 1.29 is 4.74 Å². The summed E-state index contributed by atoms with van der Waals surface area (Å²) in [5.74, 6) is 1.23. The van der Waals surface area contributed by atoms with Gasteiger partial charge in [-0.25, -0.2) is 0 Å². The van der Waals surface area contributed by atoms with Gasteiger partial charge in [0.05, 0.1) is 7.11 Å². The highest BCUT2D eigenvalue weighted by molar-refractivity contribution is 7.81. The predicted octanol–water partition coefficient (Wildman–Crippen LogP) is 3.60. The normalized spacial score (nSPS) is 14.7. The van der Waals surface area contributed by atoms with Gasteiger partial charge in [-0.05, 0) is 48.5 Å². The summed E-state index contributed by atoms with van der Waals surface area (Å²) in [4.78, 5) is 4.57. The van der Waals surface area contributed by atoms with Crippen molar-refractivity contribution in [1.29, 1.82) is 5.26 Å². The molecule has 0 bridgehead atoms. The summed E-state index contributed by atoms with van der Waals surface area (Å²) in [5, 5.41) is 13.3. The van der Waals surface area contributed by atoms with Crippen LogP contribution in [0.1, 0.15) is 0 Å². The first-order chi connectivity index (χ1) is 14.0. The summed E-state index contributed by atoms with van der Waals surface area (Å²) in [6, 6.07) is 17.2. The van der Waals surface area contributed by atoms with E-state index in [9.17, 15) is 5.26 Å². The maximum absolute atomic E-state index is 9.61. The summed E-state index contributed by atoms with van der Waals surface area (Å²) in [7, 11) is 1.65. The van der Waals surface area contributed by atoms with Crippen molar-refractivity contribution in [3.8, 4) is 11.8 Å². The maximum Gasteiger partial charge on any atom is 0.127 e. The Morgan fingerprint density at radius 3 is 2.28 bits per heavy atom. The number of halogens is 1. The number of nitrogens with zero attached hydrogens (tertiary/aromatic N) is 3. The number of anilines is 2. The van der Waals surface area contributed by atoms with Gasteiger partial charge >= 0.3 is 0 Å². The van der Waals surface area contributed by atoms with Crippen LogP contribution in [0.2, 0.25) is 5.02 Å². The number of rotatable bonds is 5. The molecule has 2 aromatic carbocycles. The van der Waals surface area contributed by atoms with Crippen LogP contribution < -0.4 is 20.7 Å². The average Bonchev–Trinajstić information content (AvgIpc) is 2.76. The minimum absolute atomic E-state index is 0.271. The number of thiocarbonyl (C=S) groups is 1.